The van der Waals surface area contributed by atoms with Crippen LogP contribution in [0.25, 0.3) is 0 Å². The predicted octanol–water partition coefficient (Wildman–Crippen LogP) is 1.92. The first kappa shape index (κ1) is 12.0. The summed E-state index contributed by atoms with van der Waals surface area (Å²) in [4.78, 5) is 13.2. The van der Waals surface area contributed by atoms with Gasteiger partial charge in [-0.25, -0.2) is 0 Å². The summed E-state index contributed by atoms with van der Waals surface area (Å²) >= 11 is 11.3. The van der Waals surface area contributed by atoms with Crippen molar-refractivity contribution >= 4 is 29.2 Å². The lowest BCUT2D eigenvalue weighted by Gasteiger charge is -2.22. The normalized spacial score (nSPS) is 11.9. The average Bonchev–Trinajstić information content (AvgIpc) is 2.15. The molecule has 15 heavy (non-hydrogen) atoms. The summed E-state index contributed by atoms with van der Waals surface area (Å²) in [6.45, 7) is 1.88. The Hall–Kier alpha value is -1.12. The van der Waals surface area contributed by atoms with E-state index in [2.05, 4.69) is 21.0 Å². The van der Waals surface area contributed by atoms with E-state index in [-0.39, 0.29) is 16.6 Å². The molecule has 0 N–H and O–H groups in total. The number of hydrogen-bond donors (Lipinski definition) is 0. The Labute approximate surface area is 97.7 Å². The molecule has 0 amide bonds. The summed E-state index contributed by atoms with van der Waals surface area (Å²) in [6.07, 6.45) is 0.372. The fourth-order valence-corrected chi connectivity index (χ4v) is 1.29. The van der Waals surface area contributed by atoms with Crippen molar-refractivity contribution in [2.75, 3.05) is 11.9 Å². The van der Waals surface area contributed by atoms with Crippen LogP contribution < -0.4 is 4.90 Å². The van der Waals surface area contributed by atoms with E-state index >= 15 is 0 Å². The summed E-state index contributed by atoms with van der Waals surface area (Å²) in [6, 6.07) is 2.06. The fourth-order valence-electron chi connectivity index (χ4n) is 0.940. The van der Waals surface area contributed by atoms with Crippen LogP contribution in [0, 0.1) is 11.3 Å². The molecule has 0 aliphatic carbocycles. The fraction of sp³-hybridized carbons (Fsp3) is 0.500. The van der Waals surface area contributed by atoms with E-state index in [4.69, 9.17) is 28.5 Å². The zero-order valence-corrected chi connectivity index (χ0v) is 9.79. The second-order valence-corrected chi connectivity index (χ2v) is 3.67. The minimum atomic E-state index is -0.00969. The highest BCUT2D eigenvalue weighted by molar-refractivity contribution is 6.31. The summed E-state index contributed by atoms with van der Waals surface area (Å²) in [7, 11) is 1.77. The maximum atomic E-state index is 8.56. The van der Waals surface area contributed by atoms with E-state index in [1.54, 1.807) is 11.9 Å². The third-order valence-electron chi connectivity index (χ3n) is 1.93. The third kappa shape index (κ3) is 3.18. The minimum Gasteiger partial charge on any atom is -0.340 e. The topological polar surface area (TPSA) is 65.7 Å². The van der Waals surface area contributed by atoms with Crippen molar-refractivity contribution in [3.63, 3.8) is 0 Å². The molecule has 0 aromatic carbocycles. The smallest absolute Gasteiger partial charge is 0.230 e. The van der Waals surface area contributed by atoms with Crippen molar-refractivity contribution in [1.82, 2.24) is 15.0 Å². The van der Waals surface area contributed by atoms with Gasteiger partial charge in [-0.15, -0.1) is 0 Å². The molecular formula is C8H9Cl2N5. The lowest BCUT2D eigenvalue weighted by Crippen LogP contribution is -2.30. The maximum Gasteiger partial charge on any atom is 0.230 e. The Bertz CT molecular complexity index is 369. The van der Waals surface area contributed by atoms with Gasteiger partial charge in [-0.1, -0.05) is 0 Å². The molecule has 7 heteroatoms. The van der Waals surface area contributed by atoms with E-state index in [0.717, 1.165) is 0 Å². The molecule has 80 valence electrons. The number of nitrogens with zero attached hydrogens (tertiary/aromatic N) is 5. The van der Waals surface area contributed by atoms with Crippen LogP contribution in [0.2, 0.25) is 10.6 Å². The molecule has 1 rings (SSSR count). The summed E-state index contributed by atoms with van der Waals surface area (Å²) < 4.78 is 0. The van der Waals surface area contributed by atoms with Gasteiger partial charge in [0, 0.05) is 13.1 Å². The van der Waals surface area contributed by atoms with Crippen LogP contribution in [0.4, 0.5) is 5.95 Å². The highest BCUT2D eigenvalue weighted by atomic mass is 35.5. The molecule has 0 fully saturated rings. The van der Waals surface area contributed by atoms with Gasteiger partial charge in [0.25, 0.3) is 0 Å². The van der Waals surface area contributed by atoms with Crippen molar-refractivity contribution in [2.24, 2.45) is 0 Å². The van der Waals surface area contributed by atoms with Gasteiger partial charge in [0.05, 0.1) is 12.5 Å². The Balaban J connectivity index is 2.91. The summed E-state index contributed by atoms with van der Waals surface area (Å²) in [5.41, 5.74) is 0. The van der Waals surface area contributed by atoms with Gasteiger partial charge in [-0.05, 0) is 30.1 Å². The molecule has 5 nitrogen and oxygen atoms in total. The Morgan fingerprint density at radius 2 is 1.87 bits per heavy atom. The van der Waals surface area contributed by atoms with E-state index < -0.39 is 0 Å². The number of rotatable bonds is 3. The molecular weight excluding hydrogens is 237 g/mol. The maximum absolute atomic E-state index is 8.56. The number of aromatic nitrogens is 3. The standard InChI is InChI=1S/C8H9Cl2N5/c1-5(3-4-11)15(2)8-13-6(9)12-7(10)14-8/h5H,3H2,1-2H3. The van der Waals surface area contributed by atoms with Crippen LogP contribution in [0.1, 0.15) is 13.3 Å². The zero-order chi connectivity index (χ0) is 11.4. The van der Waals surface area contributed by atoms with Crippen molar-refractivity contribution in [2.45, 2.75) is 19.4 Å². The molecule has 0 radical (unpaired) electrons. The molecule has 1 unspecified atom stereocenters. The number of halogens is 2. The Morgan fingerprint density at radius 3 is 2.33 bits per heavy atom. The van der Waals surface area contributed by atoms with Gasteiger partial charge in [0.15, 0.2) is 0 Å². The lowest BCUT2D eigenvalue weighted by molar-refractivity contribution is 0.681. The molecule has 0 aliphatic heterocycles. The quantitative estimate of drug-likeness (QED) is 0.814. The highest BCUT2D eigenvalue weighted by Gasteiger charge is 2.14. The third-order valence-corrected chi connectivity index (χ3v) is 2.27. The number of anilines is 1. The molecule has 1 heterocycles. The van der Waals surface area contributed by atoms with Crippen molar-refractivity contribution in [3.8, 4) is 6.07 Å². The van der Waals surface area contributed by atoms with Crippen LogP contribution in [0.15, 0.2) is 0 Å². The molecule has 0 aliphatic rings. The summed E-state index contributed by atoms with van der Waals surface area (Å²) in [5, 5.41) is 8.64. The SMILES string of the molecule is CC(CC#N)N(C)c1nc(Cl)nc(Cl)n1. The molecule has 0 bridgehead atoms. The van der Waals surface area contributed by atoms with Crippen LogP contribution in [0.3, 0.4) is 0 Å². The van der Waals surface area contributed by atoms with E-state index in [1.165, 1.54) is 0 Å². The predicted molar refractivity (Wildman–Crippen MR) is 57.9 cm³/mol. The van der Waals surface area contributed by atoms with Gasteiger partial charge in [0.2, 0.25) is 16.5 Å². The molecule has 1 atom stereocenters. The minimum absolute atomic E-state index is 0.00969. The van der Waals surface area contributed by atoms with Gasteiger partial charge in [-0.2, -0.15) is 20.2 Å². The van der Waals surface area contributed by atoms with E-state index in [0.29, 0.717) is 12.4 Å². The number of nitriles is 1. The molecule has 0 spiro atoms. The van der Waals surface area contributed by atoms with E-state index in [1.807, 2.05) is 6.92 Å². The van der Waals surface area contributed by atoms with Gasteiger partial charge in [0.1, 0.15) is 0 Å². The van der Waals surface area contributed by atoms with Crippen LogP contribution in [-0.2, 0) is 0 Å². The van der Waals surface area contributed by atoms with Crippen LogP contribution in [-0.4, -0.2) is 28.0 Å². The largest absolute Gasteiger partial charge is 0.340 e. The second kappa shape index (κ2) is 5.10. The second-order valence-electron chi connectivity index (χ2n) is 3.00. The first-order valence-corrected chi connectivity index (χ1v) is 4.97. The molecule has 0 saturated carbocycles. The van der Waals surface area contributed by atoms with Gasteiger partial charge < -0.3 is 4.90 Å². The van der Waals surface area contributed by atoms with Crippen molar-refractivity contribution in [3.05, 3.63) is 10.6 Å². The highest BCUT2D eigenvalue weighted by Crippen LogP contribution is 2.15. The molecule has 0 saturated heterocycles. The van der Waals surface area contributed by atoms with E-state index in [9.17, 15) is 0 Å². The first-order chi connectivity index (χ1) is 7.04. The van der Waals surface area contributed by atoms with Gasteiger partial charge in [-0.3, -0.25) is 0 Å². The lowest BCUT2D eigenvalue weighted by atomic mass is 10.2. The Morgan fingerprint density at radius 1 is 1.33 bits per heavy atom. The van der Waals surface area contributed by atoms with Crippen molar-refractivity contribution in [1.29, 1.82) is 5.26 Å². The van der Waals surface area contributed by atoms with Crippen LogP contribution >= 0.6 is 23.2 Å². The number of hydrogen-bond acceptors (Lipinski definition) is 5. The zero-order valence-electron chi connectivity index (χ0n) is 8.28. The van der Waals surface area contributed by atoms with Crippen molar-refractivity contribution < 1.29 is 0 Å². The van der Waals surface area contributed by atoms with Gasteiger partial charge >= 0.3 is 0 Å². The first-order valence-electron chi connectivity index (χ1n) is 4.21. The average molecular weight is 246 g/mol. The van der Waals surface area contributed by atoms with Crippen LogP contribution in [0.5, 0.6) is 0 Å². The monoisotopic (exact) mass is 245 g/mol. The molecule has 1 aromatic heterocycles. The molecule has 1 aromatic rings. The summed E-state index contributed by atoms with van der Waals surface area (Å²) in [5.74, 6) is 0.364. The Kier molecular flexibility index (Phi) is 4.06.